The highest BCUT2D eigenvalue weighted by molar-refractivity contribution is 9.10. The van der Waals surface area contributed by atoms with E-state index in [1.165, 1.54) is 16.7 Å². The molecule has 0 aliphatic rings. The highest BCUT2D eigenvalue weighted by Gasteiger charge is 2.33. The van der Waals surface area contributed by atoms with Gasteiger partial charge in [0.05, 0.1) is 11.1 Å². The van der Waals surface area contributed by atoms with Crippen molar-refractivity contribution in [1.29, 1.82) is 0 Å². The Labute approximate surface area is 159 Å². The van der Waals surface area contributed by atoms with Crippen LogP contribution in [-0.2, 0) is 17.5 Å². The molecule has 0 saturated carbocycles. The second-order valence-electron chi connectivity index (χ2n) is 5.83. The maximum Gasteiger partial charge on any atom is 0.419 e. The molecule has 3 rings (SSSR count). The molecule has 0 atom stereocenters. The molecule has 0 fully saturated rings. The van der Waals surface area contributed by atoms with Crippen LogP contribution in [-0.4, -0.2) is 10.5 Å². The molecule has 0 aliphatic carbocycles. The van der Waals surface area contributed by atoms with Gasteiger partial charge >= 0.3 is 11.9 Å². The molecule has 1 N–H and O–H groups in total. The fourth-order valence-electron chi connectivity index (χ4n) is 2.67. The zero-order valence-electron chi connectivity index (χ0n) is 13.8. The zero-order valence-corrected chi connectivity index (χ0v) is 15.4. The van der Waals surface area contributed by atoms with Crippen LogP contribution in [0.3, 0.4) is 0 Å². The third kappa shape index (κ3) is 4.41. The molecule has 2 aromatic carbocycles. The molecule has 1 aromatic heterocycles. The van der Waals surface area contributed by atoms with Crippen molar-refractivity contribution in [3.63, 3.8) is 0 Å². The number of para-hydroxylation sites is 2. The van der Waals surface area contributed by atoms with E-state index in [0.717, 1.165) is 6.07 Å². The topological polar surface area (TPSA) is 64.2 Å². The summed E-state index contributed by atoms with van der Waals surface area (Å²) in [4.78, 5) is 23.9. The van der Waals surface area contributed by atoms with Gasteiger partial charge in [0.25, 0.3) is 0 Å². The molecular formula is C18H14BrF3N2O3. The molecule has 142 valence electrons. The van der Waals surface area contributed by atoms with E-state index in [-0.39, 0.29) is 23.1 Å². The molecule has 1 heterocycles. The maximum atomic E-state index is 12.9. The Balaban J connectivity index is 1.62. The Morgan fingerprint density at radius 1 is 1.19 bits per heavy atom. The number of alkyl halides is 3. The van der Waals surface area contributed by atoms with E-state index >= 15 is 0 Å². The second-order valence-corrected chi connectivity index (χ2v) is 6.69. The van der Waals surface area contributed by atoms with Gasteiger partial charge in [0, 0.05) is 23.1 Å². The van der Waals surface area contributed by atoms with Gasteiger partial charge in [-0.25, -0.2) is 4.79 Å². The predicted molar refractivity (Wildman–Crippen MR) is 97.5 cm³/mol. The summed E-state index contributed by atoms with van der Waals surface area (Å²) in [5.74, 6) is -0.953. The van der Waals surface area contributed by atoms with E-state index in [0.29, 0.717) is 17.5 Å². The number of aryl methyl sites for hydroxylation is 1. The third-order valence-electron chi connectivity index (χ3n) is 3.91. The molecule has 0 spiro atoms. The standard InChI is InChI=1S/C18H14BrF3N2O3/c19-13-8-7-11(10-12(13)18(20,21)22)23-16(25)6-3-9-24-14-4-1-2-5-15(14)27-17(24)26/h1-2,4-5,7-8,10H,3,6,9H2,(H,23,25). The van der Waals surface area contributed by atoms with Crippen LogP contribution in [0.25, 0.3) is 11.1 Å². The second kappa shape index (κ2) is 7.59. The summed E-state index contributed by atoms with van der Waals surface area (Å²) in [5, 5.41) is 2.44. The van der Waals surface area contributed by atoms with Gasteiger partial charge in [-0.15, -0.1) is 0 Å². The van der Waals surface area contributed by atoms with E-state index in [2.05, 4.69) is 21.2 Å². The Hall–Kier alpha value is -2.55. The maximum absolute atomic E-state index is 12.9. The molecule has 0 unspecified atom stereocenters. The van der Waals surface area contributed by atoms with Crippen molar-refractivity contribution in [3.8, 4) is 0 Å². The van der Waals surface area contributed by atoms with Crippen LogP contribution < -0.4 is 11.1 Å². The lowest BCUT2D eigenvalue weighted by Crippen LogP contribution is -2.17. The molecule has 1 amide bonds. The van der Waals surface area contributed by atoms with Gasteiger partial charge in [-0.05, 0) is 36.8 Å². The highest BCUT2D eigenvalue weighted by atomic mass is 79.9. The summed E-state index contributed by atoms with van der Waals surface area (Å²) in [7, 11) is 0. The monoisotopic (exact) mass is 442 g/mol. The number of benzene rings is 2. The molecule has 0 saturated heterocycles. The first-order valence-corrected chi connectivity index (χ1v) is 8.80. The summed E-state index contributed by atoms with van der Waals surface area (Å²) in [5.41, 5.74) is 0.283. The van der Waals surface area contributed by atoms with Crippen molar-refractivity contribution >= 4 is 38.6 Å². The molecule has 3 aromatic rings. The predicted octanol–water partition coefficient (Wildman–Crippen LogP) is 4.79. The molecule has 27 heavy (non-hydrogen) atoms. The van der Waals surface area contributed by atoms with Crippen molar-refractivity contribution < 1.29 is 22.4 Å². The van der Waals surface area contributed by atoms with Gasteiger partial charge in [0.1, 0.15) is 0 Å². The molecule has 0 bridgehead atoms. The number of hydrogen-bond acceptors (Lipinski definition) is 3. The number of hydrogen-bond donors (Lipinski definition) is 1. The van der Waals surface area contributed by atoms with Gasteiger partial charge in [-0.2, -0.15) is 13.2 Å². The minimum Gasteiger partial charge on any atom is -0.408 e. The molecule has 0 radical (unpaired) electrons. The summed E-state index contributed by atoms with van der Waals surface area (Å²) in [6, 6.07) is 10.4. The number of carbonyl (C=O) groups is 1. The van der Waals surface area contributed by atoms with Crippen LogP contribution in [0.4, 0.5) is 18.9 Å². The highest BCUT2D eigenvalue weighted by Crippen LogP contribution is 2.36. The van der Waals surface area contributed by atoms with Crippen LogP contribution in [0.15, 0.2) is 56.1 Å². The number of aromatic nitrogens is 1. The SMILES string of the molecule is O=C(CCCn1c(=O)oc2ccccc21)Nc1ccc(Br)c(C(F)(F)F)c1. The van der Waals surface area contributed by atoms with Crippen LogP contribution in [0, 0.1) is 0 Å². The number of nitrogens with one attached hydrogen (secondary N) is 1. The van der Waals surface area contributed by atoms with Crippen molar-refractivity contribution in [2.24, 2.45) is 0 Å². The van der Waals surface area contributed by atoms with E-state index in [1.54, 1.807) is 24.3 Å². The third-order valence-corrected chi connectivity index (χ3v) is 4.61. The first kappa shape index (κ1) is 19.2. The van der Waals surface area contributed by atoms with E-state index in [1.807, 2.05) is 0 Å². The number of anilines is 1. The van der Waals surface area contributed by atoms with Crippen LogP contribution in [0.1, 0.15) is 18.4 Å². The number of halogens is 4. The van der Waals surface area contributed by atoms with Crippen LogP contribution in [0.5, 0.6) is 0 Å². The number of fused-ring (bicyclic) bond motifs is 1. The number of carbonyl (C=O) groups excluding carboxylic acids is 1. The summed E-state index contributed by atoms with van der Waals surface area (Å²) in [6.07, 6.45) is -4.15. The minimum absolute atomic E-state index is 0.0450. The van der Waals surface area contributed by atoms with Gasteiger partial charge in [0.2, 0.25) is 5.91 Å². The fourth-order valence-corrected chi connectivity index (χ4v) is 3.14. The zero-order chi connectivity index (χ0) is 19.6. The molecule has 9 heteroatoms. The lowest BCUT2D eigenvalue weighted by Gasteiger charge is -2.12. The first-order valence-electron chi connectivity index (χ1n) is 8.00. The van der Waals surface area contributed by atoms with Crippen LogP contribution in [0.2, 0.25) is 0 Å². The van der Waals surface area contributed by atoms with E-state index < -0.39 is 23.4 Å². The number of nitrogens with zero attached hydrogens (tertiary/aromatic N) is 1. The van der Waals surface area contributed by atoms with E-state index in [4.69, 9.17) is 4.42 Å². The van der Waals surface area contributed by atoms with E-state index in [9.17, 15) is 22.8 Å². The van der Waals surface area contributed by atoms with Crippen molar-refractivity contribution in [3.05, 3.63) is 63.1 Å². The Kier molecular flexibility index (Phi) is 5.41. The normalized spacial score (nSPS) is 11.7. The van der Waals surface area contributed by atoms with Gasteiger partial charge in [-0.3, -0.25) is 9.36 Å². The smallest absolute Gasteiger partial charge is 0.408 e. The van der Waals surface area contributed by atoms with Crippen molar-refractivity contribution in [2.75, 3.05) is 5.32 Å². The van der Waals surface area contributed by atoms with Crippen molar-refractivity contribution in [2.45, 2.75) is 25.6 Å². The minimum atomic E-state index is -4.52. The average molecular weight is 443 g/mol. The first-order chi connectivity index (χ1) is 12.8. The Morgan fingerprint density at radius 3 is 2.67 bits per heavy atom. The average Bonchev–Trinajstić information content (AvgIpc) is 2.91. The van der Waals surface area contributed by atoms with Gasteiger partial charge in [0.15, 0.2) is 5.58 Å². The number of oxazole rings is 1. The molecule has 5 nitrogen and oxygen atoms in total. The summed E-state index contributed by atoms with van der Waals surface area (Å²) >= 11 is 2.85. The largest absolute Gasteiger partial charge is 0.419 e. The number of amides is 1. The number of rotatable bonds is 5. The quantitative estimate of drug-likeness (QED) is 0.617. The summed E-state index contributed by atoms with van der Waals surface area (Å²) < 4.78 is 45.1. The Morgan fingerprint density at radius 2 is 1.93 bits per heavy atom. The molecule has 0 aliphatic heterocycles. The van der Waals surface area contributed by atoms with Gasteiger partial charge < -0.3 is 9.73 Å². The van der Waals surface area contributed by atoms with Crippen molar-refractivity contribution in [1.82, 2.24) is 4.57 Å². The Bertz CT molecular complexity index is 1040. The fraction of sp³-hybridized carbons (Fsp3) is 0.222. The summed E-state index contributed by atoms with van der Waals surface area (Å²) in [6.45, 7) is 0.261. The van der Waals surface area contributed by atoms with Gasteiger partial charge in [-0.1, -0.05) is 28.1 Å². The molecular weight excluding hydrogens is 429 g/mol. The lowest BCUT2D eigenvalue weighted by molar-refractivity contribution is -0.138. The lowest BCUT2D eigenvalue weighted by atomic mass is 10.2. The van der Waals surface area contributed by atoms with Crippen LogP contribution >= 0.6 is 15.9 Å².